The SMILES string of the molecule is CCOC1=CI=CC=C1. The van der Waals surface area contributed by atoms with Crippen LogP contribution >= 0.6 is 20.7 Å². The quantitative estimate of drug-likeness (QED) is 0.668. The predicted molar refractivity (Wildman–Crippen MR) is 48.9 cm³/mol. The number of ether oxygens (including phenoxy) is 1. The number of hydrogen-bond donors (Lipinski definition) is 0. The molecule has 0 aliphatic carbocycles. The molecular formula is C7H9IO. The van der Waals surface area contributed by atoms with Gasteiger partial charge in [0.05, 0.1) is 6.61 Å². The molecule has 50 valence electrons. The number of allylic oxidation sites excluding steroid dienone is 2. The van der Waals surface area contributed by atoms with Gasteiger partial charge in [-0.1, -0.05) is 26.8 Å². The Hall–Kier alpha value is -0.120. The fourth-order valence-electron chi connectivity index (χ4n) is 0.554. The van der Waals surface area contributed by atoms with Crippen molar-refractivity contribution in [2.24, 2.45) is 0 Å². The maximum Gasteiger partial charge on any atom is 0.124 e. The molecule has 0 aromatic carbocycles. The lowest BCUT2D eigenvalue weighted by Crippen LogP contribution is -1.87. The van der Waals surface area contributed by atoms with Gasteiger partial charge in [0.25, 0.3) is 0 Å². The minimum atomic E-state index is 0.163. The fourth-order valence-corrected chi connectivity index (χ4v) is 1.95. The van der Waals surface area contributed by atoms with Gasteiger partial charge < -0.3 is 4.74 Å². The van der Waals surface area contributed by atoms with Crippen LogP contribution in [-0.4, -0.2) is 10.6 Å². The highest BCUT2D eigenvalue weighted by molar-refractivity contribution is 14.2. The number of halogens is 1. The highest BCUT2D eigenvalue weighted by atomic mass is 127. The predicted octanol–water partition coefficient (Wildman–Crippen LogP) is 2.21. The van der Waals surface area contributed by atoms with Crippen LogP contribution in [0.3, 0.4) is 0 Å². The van der Waals surface area contributed by atoms with Gasteiger partial charge >= 0.3 is 0 Å². The van der Waals surface area contributed by atoms with Gasteiger partial charge in [0.15, 0.2) is 0 Å². The monoisotopic (exact) mass is 236 g/mol. The molecular weight excluding hydrogens is 227 g/mol. The largest absolute Gasteiger partial charge is 0.493 e. The van der Waals surface area contributed by atoms with E-state index in [9.17, 15) is 0 Å². The van der Waals surface area contributed by atoms with Crippen molar-refractivity contribution in [3.63, 3.8) is 0 Å². The maximum atomic E-state index is 5.26. The van der Waals surface area contributed by atoms with E-state index >= 15 is 0 Å². The Morgan fingerprint density at radius 3 is 3.11 bits per heavy atom. The highest BCUT2D eigenvalue weighted by Crippen LogP contribution is 2.11. The molecule has 9 heavy (non-hydrogen) atoms. The summed E-state index contributed by atoms with van der Waals surface area (Å²) in [6, 6.07) is 0. The van der Waals surface area contributed by atoms with Crippen LogP contribution in [0.15, 0.2) is 22.0 Å². The molecule has 1 heterocycles. The summed E-state index contributed by atoms with van der Waals surface area (Å²) >= 11 is 0.163. The van der Waals surface area contributed by atoms with E-state index < -0.39 is 0 Å². The van der Waals surface area contributed by atoms with Crippen molar-refractivity contribution in [1.82, 2.24) is 0 Å². The summed E-state index contributed by atoms with van der Waals surface area (Å²) in [6.45, 7) is 2.78. The molecule has 0 saturated heterocycles. The molecule has 1 aliphatic heterocycles. The molecule has 0 N–H and O–H groups in total. The second-order valence-electron chi connectivity index (χ2n) is 1.56. The van der Waals surface area contributed by atoms with Crippen molar-refractivity contribution in [1.29, 1.82) is 0 Å². The van der Waals surface area contributed by atoms with Crippen molar-refractivity contribution >= 4 is 24.7 Å². The van der Waals surface area contributed by atoms with Gasteiger partial charge in [-0.2, -0.15) is 0 Å². The average molecular weight is 236 g/mol. The minimum absolute atomic E-state index is 0.163. The molecule has 0 aromatic rings. The van der Waals surface area contributed by atoms with Gasteiger partial charge in [-0.3, -0.25) is 0 Å². The molecule has 0 aromatic heterocycles. The van der Waals surface area contributed by atoms with Crippen LogP contribution in [0.25, 0.3) is 0 Å². The highest BCUT2D eigenvalue weighted by Gasteiger charge is 1.89. The van der Waals surface area contributed by atoms with Gasteiger partial charge in [-0.25, -0.2) is 0 Å². The first-order valence-corrected chi connectivity index (χ1v) is 5.37. The topological polar surface area (TPSA) is 9.23 Å². The molecule has 0 saturated carbocycles. The third-order valence-corrected chi connectivity index (χ3v) is 2.69. The summed E-state index contributed by atoms with van der Waals surface area (Å²) in [6.07, 6.45) is 4.07. The van der Waals surface area contributed by atoms with E-state index in [0.29, 0.717) is 0 Å². The van der Waals surface area contributed by atoms with E-state index in [4.69, 9.17) is 4.74 Å². The van der Waals surface area contributed by atoms with Crippen molar-refractivity contribution in [3.05, 3.63) is 22.0 Å². The van der Waals surface area contributed by atoms with Crippen molar-refractivity contribution in [2.45, 2.75) is 6.92 Å². The zero-order valence-electron chi connectivity index (χ0n) is 5.30. The third kappa shape index (κ3) is 2.30. The van der Waals surface area contributed by atoms with Crippen LogP contribution in [-0.2, 0) is 4.74 Å². The summed E-state index contributed by atoms with van der Waals surface area (Å²) in [5.41, 5.74) is 0. The number of rotatable bonds is 2. The van der Waals surface area contributed by atoms with E-state index in [2.05, 4.69) is 14.2 Å². The first-order chi connectivity index (χ1) is 4.43. The van der Waals surface area contributed by atoms with Gasteiger partial charge in [0.1, 0.15) is 5.76 Å². The second kappa shape index (κ2) is 3.82. The summed E-state index contributed by atoms with van der Waals surface area (Å²) in [7, 11) is 0. The van der Waals surface area contributed by atoms with E-state index in [1.165, 1.54) is 0 Å². The number of hydrogen-bond acceptors (Lipinski definition) is 1. The Kier molecular flexibility index (Phi) is 2.97. The first kappa shape index (κ1) is 6.99. The van der Waals surface area contributed by atoms with E-state index in [-0.39, 0.29) is 20.7 Å². The fraction of sp³-hybridized carbons (Fsp3) is 0.286. The maximum absolute atomic E-state index is 5.26. The summed E-state index contributed by atoms with van der Waals surface area (Å²) in [4.78, 5) is 0. The Balaban J connectivity index is 2.51. The van der Waals surface area contributed by atoms with E-state index in [1.807, 2.05) is 13.0 Å². The van der Waals surface area contributed by atoms with Gasteiger partial charge in [-0.05, 0) is 17.0 Å². The van der Waals surface area contributed by atoms with Gasteiger partial charge in [0, 0.05) is 4.08 Å². The van der Waals surface area contributed by atoms with Crippen LogP contribution < -0.4 is 0 Å². The van der Waals surface area contributed by atoms with Crippen LogP contribution in [0.5, 0.6) is 0 Å². The molecule has 0 radical (unpaired) electrons. The lowest BCUT2D eigenvalue weighted by atomic mass is 10.5. The van der Waals surface area contributed by atoms with Crippen LogP contribution in [0.2, 0.25) is 0 Å². The zero-order chi connectivity index (χ0) is 6.53. The Morgan fingerprint density at radius 2 is 2.56 bits per heavy atom. The molecule has 1 aliphatic rings. The Bertz CT molecular complexity index is 168. The second-order valence-corrected chi connectivity index (χ2v) is 3.62. The van der Waals surface area contributed by atoms with Crippen molar-refractivity contribution in [3.8, 4) is 0 Å². The zero-order valence-corrected chi connectivity index (χ0v) is 7.46. The lowest BCUT2D eigenvalue weighted by molar-refractivity contribution is 0.244. The van der Waals surface area contributed by atoms with Gasteiger partial charge in [-0.15, -0.1) is 0 Å². The molecule has 0 spiro atoms. The van der Waals surface area contributed by atoms with Crippen LogP contribution in [0.4, 0.5) is 0 Å². The lowest BCUT2D eigenvalue weighted by Gasteiger charge is -2.02. The minimum Gasteiger partial charge on any atom is -0.493 e. The molecule has 0 unspecified atom stereocenters. The Morgan fingerprint density at radius 1 is 1.67 bits per heavy atom. The molecule has 0 atom stereocenters. The van der Waals surface area contributed by atoms with Gasteiger partial charge in [0.2, 0.25) is 0 Å². The summed E-state index contributed by atoms with van der Waals surface area (Å²) in [5.74, 6) is 1.05. The smallest absolute Gasteiger partial charge is 0.124 e. The molecule has 1 nitrogen and oxygen atoms in total. The van der Waals surface area contributed by atoms with Crippen LogP contribution in [0, 0.1) is 0 Å². The normalized spacial score (nSPS) is 16.3. The molecule has 1 rings (SSSR count). The van der Waals surface area contributed by atoms with E-state index in [1.54, 1.807) is 0 Å². The summed E-state index contributed by atoms with van der Waals surface area (Å²) < 4.78 is 9.66. The summed E-state index contributed by atoms with van der Waals surface area (Å²) in [5, 5.41) is 0. The molecule has 0 amide bonds. The van der Waals surface area contributed by atoms with E-state index in [0.717, 1.165) is 12.4 Å². The molecule has 2 heteroatoms. The van der Waals surface area contributed by atoms with Crippen LogP contribution in [0.1, 0.15) is 6.92 Å². The van der Waals surface area contributed by atoms with Crippen molar-refractivity contribution < 1.29 is 4.74 Å². The average Bonchev–Trinajstić information content (AvgIpc) is 1.91. The molecule has 0 fully saturated rings. The molecule has 0 bridgehead atoms. The van der Waals surface area contributed by atoms with Crippen molar-refractivity contribution in [2.75, 3.05) is 6.61 Å². The Labute approximate surface area is 65.2 Å². The third-order valence-electron chi connectivity index (χ3n) is 0.888. The standard InChI is InChI=1S/C7H9IO/c1-2-9-7-4-3-5-8-6-7/h3-6H,2H2,1H3. The first-order valence-electron chi connectivity index (χ1n) is 2.88.